The molecule has 0 amide bonds. The van der Waals surface area contributed by atoms with Crippen LogP contribution in [0.2, 0.25) is 0 Å². The molecule has 0 atom stereocenters. The molecule has 4 saturated carbocycles. The molecule has 152 valence electrons. The number of aryl methyl sites for hydroxylation is 1. The molecule has 4 bridgehead atoms. The second-order valence-electron chi connectivity index (χ2n) is 10.2. The van der Waals surface area contributed by atoms with Crippen molar-refractivity contribution in [2.75, 3.05) is 0 Å². The van der Waals surface area contributed by atoms with Gasteiger partial charge in [-0.3, -0.25) is 0 Å². The third-order valence-corrected chi connectivity index (χ3v) is 7.82. The summed E-state index contributed by atoms with van der Waals surface area (Å²) in [5.74, 6) is 2.93. The van der Waals surface area contributed by atoms with Crippen LogP contribution in [0.25, 0.3) is 0 Å². The number of hydrogen-bond acceptors (Lipinski definition) is 2. The largest absolute Gasteiger partial charge is 0.246 e. The monoisotopic (exact) mass is 371 g/mol. The normalized spacial score (nSPS) is 31.7. The Morgan fingerprint density at radius 3 is 1.89 bits per heavy atom. The molecule has 0 aromatic carbocycles. The summed E-state index contributed by atoms with van der Waals surface area (Å²) in [5, 5.41) is 9.20. The van der Waals surface area contributed by atoms with Gasteiger partial charge in [-0.1, -0.05) is 69.9 Å². The first-order chi connectivity index (χ1) is 13.3. The van der Waals surface area contributed by atoms with Crippen LogP contribution in [-0.2, 0) is 12.0 Å². The van der Waals surface area contributed by atoms with E-state index in [1.54, 1.807) is 0 Å². The summed E-state index contributed by atoms with van der Waals surface area (Å²) < 4.78 is 2.32. The summed E-state index contributed by atoms with van der Waals surface area (Å²) in [6.45, 7) is 2.29. The lowest BCUT2D eigenvalue weighted by molar-refractivity contribution is -0.0502. The topological polar surface area (TPSA) is 30.7 Å². The van der Waals surface area contributed by atoms with Crippen LogP contribution >= 0.6 is 0 Å². The minimum Gasteiger partial charge on any atom is -0.246 e. The quantitative estimate of drug-likeness (QED) is 0.384. The Kier molecular flexibility index (Phi) is 6.55. The lowest BCUT2D eigenvalue weighted by atomic mass is 9.53. The fraction of sp³-hybridized carbons (Fsp3) is 0.917. The van der Waals surface area contributed by atoms with Crippen LogP contribution in [0, 0.1) is 17.8 Å². The summed E-state index contributed by atoms with van der Waals surface area (Å²) in [5.41, 5.74) is 1.59. The molecule has 4 aliphatic rings. The van der Waals surface area contributed by atoms with Crippen LogP contribution in [0.4, 0.5) is 0 Å². The fourth-order valence-electron chi connectivity index (χ4n) is 6.78. The Morgan fingerprint density at radius 2 is 1.33 bits per heavy atom. The second kappa shape index (κ2) is 9.09. The van der Waals surface area contributed by atoms with Gasteiger partial charge in [0.2, 0.25) is 0 Å². The first kappa shape index (κ1) is 19.5. The zero-order valence-electron chi connectivity index (χ0n) is 17.7. The van der Waals surface area contributed by atoms with Crippen LogP contribution in [-0.4, -0.2) is 15.0 Å². The fourth-order valence-corrected chi connectivity index (χ4v) is 6.78. The van der Waals surface area contributed by atoms with Crippen LogP contribution in [0.15, 0.2) is 6.20 Å². The van der Waals surface area contributed by atoms with Gasteiger partial charge in [0.05, 0.1) is 11.2 Å². The van der Waals surface area contributed by atoms with Crippen molar-refractivity contribution in [3.8, 4) is 0 Å². The van der Waals surface area contributed by atoms with Gasteiger partial charge in [0.1, 0.15) is 0 Å². The molecule has 0 N–H and O–H groups in total. The standard InChI is InChI=1S/C24H41N3/c1-2-3-4-5-6-7-8-9-10-11-12-23-19-27(26-25-23)24-16-20-13-21(17-24)15-22(14-20)18-24/h19-22H,2-18H2,1H3. The third kappa shape index (κ3) is 4.77. The maximum Gasteiger partial charge on any atom is 0.0827 e. The van der Waals surface area contributed by atoms with E-state index in [0.717, 1.165) is 24.2 Å². The van der Waals surface area contributed by atoms with Gasteiger partial charge in [0.15, 0.2) is 0 Å². The van der Waals surface area contributed by atoms with E-state index in [-0.39, 0.29) is 0 Å². The smallest absolute Gasteiger partial charge is 0.0827 e. The van der Waals surface area contributed by atoms with Crippen LogP contribution in [0.3, 0.4) is 0 Å². The van der Waals surface area contributed by atoms with Gasteiger partial charge < -0.3 is 0 Å². The predicted molar refractivity (Wildman–Crippen MR) is 112 cm³/mol. The molecular weight excluding hydrogens is 330 g/mol. The van der Waals surface area contributed by atoms with E-state index in [4.69, 9.17) is 0 Å². The van der Waals surface area contributed by atoms with Crippen molar-refractivity contribution in [1.82, 2.24) is 15.0 Å². The van der Waals surface area contributed by atoms with E-state index < -0.39 is 0 Å². The molecule has 27 heavy (non-hydrogen) atoms. The zero-order valence-corrected chi connectivity index (χ0v) is 17.7. The van der Waals surface area contributed by atoms with Crippen molar-refractivity contribution in [3.63, 3.8) is 0 Å². The van der Waals surface area contributed by atoms with Crippen molar-refractivity contribution in [2.45, 2.75) is 122 Å². The average molecular weight is 372 g/mol. The van der Waals surface area contributed by atoms with E-state index in [1.807, 2.05) is 0 Å². The molecule has 0 aliphatic heterocycles. The van der Waals surface area contributed by atoms with Gasteiger partial charge in [-0.25, -0.2) is 4.68 Å². The zero-order chi connectivity index (χ0) is 18.5. The first-order valence-electron chi connectivity index (χ1n) is 12.2. The summed E-state index contributed by atoms with van der Waals surface area (Å²) in [4.78, 5) is 0. The molecule has 1 aromatic heterocycles. The highest BCUT2D eigenvalue weighted by molar-refractivity contribution is 5.06. The predicted octanol–water partition coefficient (Wildman–Crippen LogP) is 6.67. The van der Waals surface area contributed by atoms with E-state index in [1.165, 1.54) is 108 Å². The molecule has 5 rings (SSSR count). The number of rotatable bonds is 12. The maximum absolute atomic E-state index is 4.64. The number of nitrogens with zero attached hydrogens (tertiary/aromatic N) is 3. The Balaban J connectivity index is 1.15. The second-order valence-corrected chi connectivity index (χ2v) is 10.2. The maximum atomic E-state index is 4.64. The van der Waals surface area contributed by atoms with Crippen LogP contribution < -0.4 is 0 Å². The Hall–Kier alpha value is -0.860. The molecule has 0 saturated heterocycles. The van der Waals surface area contributed by atoms with E-state index in [2.05, 4.69) is 28.1 Å². The molecule has 0 unspecified atom stereocenters. The molecule has 1 aromatic rings. The molecule has 1 heterocycles. The van der Waals surface area contributed by atoms with Crippen LogP contribution in [0.5, 0.6) is 0 Å². The van der Waals surface area contributed by atoms with Gasteiger partial charge in [0.25, 0.3) is 0 Å². The van der Waals surface area contributed by atoms with Crippen molar-refractivity contribution >= 4 is 0 Å². The van der Waals surface area contributed by atoms with Gasteiger partial charge in [0, 0.05) is 6.20 Å². The van der Waals surface area contributed by atoms with Crippen molar-refractivity contribution in [1.29, 1.82) is 0 Å². The van der Waals surface area contributed by atoms with E-state index in [0.29, 0.717) is 5.54 Å². The molecule has 3 nitrogen and oxygen atoms in total. The highest BCUT2D eigenvalue weighted by Crippen LogP contribution is 2.58. The summed E-state index contributed by atoms with van der Waals surface area (Å²) in [6, 6.07) is 0. The highest BCUT2D eigenvalue weighted by atomic mass is 15.5. The number of aromatic nitrogens is 3. The number of hydrogen-bond donors (Lipinski definition) is 0. The summed E-state index contributed by atoms with van der Waals surface area (Å²) in [7, 11) is 0. The summed E-state index contributed by atoms with van der Waals surface area (Å²) in [6.07, 6.45) is 26.1. The molecule has 4 fully saturated rings. The van der Waals surface area contributed by atoms with E-state index in [9.17, 15) is 0 Å². The lowest BCUT2D eigenvalue weighted by Crippen LogP contribution is -2.52. The third-order valence-electron chi connectivity index (χ3n) is 7.82. The van der Waals surface area contributed by atoms with E-state index >= 15 is 0 Å². The number of unbranched alkanes of at least 4 members (excludes halogenated alkanes) is 9. The summed E-state index contributed by atoms with van der Waals surface area (Å²) >= 11 is 0. The van der Waals surface area contributed by atoms with Gasteiger partial charge >= 0.3 is 0 Å². The van der Waals surface area contributed by atoms with Crippen molar-refractivity contribution in [3.05, 3.63) is 11.9 Å². The van der Waals surface area contributed by atoms with Crippen LogP contribution in [0.1, 0.15) is 115 Å². The van der Waals surface area contributed by atoms with Crippen molar-refractivity contribution in [2.24, 2.45) is 17.8 Å². The van der Waals surface area contributed by atoms with Crippen molar-refractivity contribution < 1.29 is 0 Å². The minimum atomic E-state index is 0.345. The first-order valence-corrected chi connectivity index (χ1v) is 12.2. The molecule has 0 spiro atoms. The molecule has 4 aliphatic carbocycles. The minimum absolute atomic E-state index is 0.345. The molecule has 0 radical (unpaired) electrons. The Labute approximate surface area is 166 Å². The highest BCUT2D eigenvalue weighted by Gasteiger charge is 2.52. The molecular formula is C24H41N3. The van der Waals surface area contributed by atoms with Gasteiger partial charge in [-0.05, 0) is 69.1 Å². The van der Waals surface area contributed by atoms with Gasteiger partial charge in [-0.2, -0.15) is 0 Å². The SMILES string of the molecule is CCCCCCCCCCCCc1cn(C23CC4CC(CC(C4)C2)C3)nn1. The average Bonchev–Trinajstić information content (AvgIpc) is 3.12. The molecule has 3 heteroatoms. The van der Waals surface area contributed by atoms with Gasteiger partial charge in [-0.15, -0.1) is 5.10 Å². The Morgan fingerprint density at radius 1 is 0.815 bits per heavy atom. The lowest BCUT2D eigenvalue weighted by Gasteiger charge is -2.56. The Bertz CT molecular complexity index is 541.